The smallest absolute Gasteiger partial charge is 0.256 e. The molecule has 3 aromatic rings. The summed E-state index contributed by atoms with van der Waals surface area (Å²) in [4.78, 5) is 0.635. The van der Waals surface area contributed by atoms with Crippen molar-refractivity contribution in [3.8, 4) is 5.75 Å². The third-order valence-electron chi connectivity index (χ3n) is 4.85. The lowest BCUT2D eigenvalue weighted by Crippen LogP contribution is -2.30. The molecule has 9 nitrogen and oxygen atoms in total. The topological polar surface area (TPSA) is 121 Å². The molecule has 0 aliphatic heterocycles. The van der Waals surface area contributed by atoms with Crippen molar-refractivity contribution in [3.63, 3.8) is 0 Å². The number of anilines is 3. The van der Waals surface area contributed by atoms with E-state index >= 15 is 0 Å². The second-order valence-electron chi connectivity index (χ2n) is 6.98. The van der Waals surface area contributed by atoms with Gasteiger partial charge in [-0.15, -0.1) is 11.3 Å². The molecule has 0 spiro atoms. The highest BCUT2D eigenvalue weighted by molar-refractivity contribution is 7.91. The SMILES string of the molecule is CC[C@@H](Nc1nsnc1Nc1c(C)sc(S(=O)(=O)N(CC)CC)c1O)c1cc(C)co1. The lowest BCUT2D eigenvalue weighted by atomic mass is 10.1. The number of nitrogens with one attached hydrogen (secondary N) is 2. The second-order valence-corrected chi connectivity index (χ2v) is 10.9. The van der Waals surface area contributed by atoms with Gasteiger partial charge in [0.05, 0.1) is 29.7 Å². The van der Waals surface area contributed by atoms with Gasteiger partial charge in [-0.3, -0.25) is 0 Å². The van der Waals surface area contributed by atoms with E-state index < -0.39 is 10.0 Å². The maximum absolute atomic E-state index is 12.9. The van der Waals surface area contributed by atoms with E-state index in [0.717, 1.165) is 40.8 Å². The van der Waals surface area contributed by atoms with E-state index in [1.54, 1.807) is 27.0 Å². The van der Waals surface area contributed by atoms with Crippen LogP contribution in [0.5, 0.6) is 5.75 Å². The van der Waals surface area contributed by atoms with Gasteiger partial charge in [-0.05, 0) is 31.9 Å². The van der Waals surface area contributed by atoms with Gasteiger partial charge >= 0.3 is 0 Å². The van der Waals surface area contributed by atoms with E-state index in [9.17, 15) is 13.5 Å². The van der Waals surface area contributed by atoms with Crippen LogP contribution in [0.25, 0.3) is 0 Å². The molecule has 170 valence electrons. The van der Waals surface area contributed by atoms with Crippen LogP contribution < -0.4 is 10.6 Å². The van der Waals surface area contributed by atoms with E-state index in [2.05, 4.69) is 19.4 Å². The van der Waals surface area contributed by atoms with Crippen molar-refractivity contribution >= 4 is 50.4 Å². The fraction of sp³-hybridized carbons (Fsp3) is 0.474. The molecular formula is C19H27N5O4S3. The molecule has 0 aliphatic carbocycles. The highest BCUT2D eigenvalue weighted by Crippen LogP contribution is 2.44. The summed E-state index contributed by atoms with van der Waals surface area (Å²) in [6, 6.07) is 1.86. The number of hydrogen-bond donors (Lipinski definition) is 3. The zero-order valence-corrected chi connectivity index (χ0v) is 20.5. The van der Waals surface area contributed by atoms with Crippen molar-refractivity contribution in [1.82, 2.24) is 13.1 Å². The Kier molecular flexibility index (Phi) is 7.24. The molecule has 0 aromatic carbocycles. The zero-order chi connectivity index (χ0) is 22.8. The first-order valence-corrected chi connectivity index (χ1v) is 12.9. The number of thiophene rings is 1. The van der Waals surface area contributed by atoms with E-state index in [1.165, 1.54) is 4.31 Å². The molecule has 1 atom stereocenters. The maximum atomic E-state index is 12.9. The summed E-state index contributed by atoms with van der Waals surface area (Å²) < 4.78 is 41.2. The normalized spacial score (nSPS) is 13.0. The number of rotatable bonds is 10. The molecule has 0 saturated heterocycles. The Balaban J connectivity index is 1.88. The summed E-state index contributed by atoms with van der Waals surface area (Å²) in [6.07, 6.45) is 2.46. The molecule has 0 saturated carbocycles. The molecule has 0 aliphatic rings. The van der Waals surface area contributed by atoms with Crippen molar-refractivity contribution < 1.29 is 17.9 Å². The Morgan fingerprint density at radius 3 is 2.45 bits per heavy atom. The predicted molar refractivity (Wildman–Crippen MR) is 124 cm³/mol. The van der Waals surface area contributed by atoms with Crippen LogP contribution in [0, 0.1) is 13.8 Å². The van der Waals surface area contributed by atoms with Crippen LogP contribution in [0.2, 0.25) is 0 Å². The molecule has 3 aromatic heterocycles. The van der Waals surface area contributed by atoms with Crippen LogP contribution in [-0.2, 0) is 10.0 Å². The van der Waals surface area contributed by atoms with Crippen LogP contribution in [0.4, 0.5) is 17.3 Å². The average Bonchev–Trinajstić information content (AvgIpc) is 3.43. The van der Waals surface area contributed by atoms with Gasteiger partial charge in [0.1, 0.15) is 5.76 Å². The average molecular weight is 486 g/mol. The van der Waals surface area contributed by atoms with Gasteiger partial charge in [-0.1, -0.05) is 20.8 Å². The van der Waals surface area contributed by atoms with Gasteiger partial charge in [0.2, 0.25) is 0 Å². The molecule has 0 unspecified atom stereocenters. The standard InChI is InChI=1S/C19H27N5O4S3/c1-6-13(14-9-11(4)10-28-14)20-17-18(23-30-22-17)21-15-12(5)29-19(16(15)25)31(26,27)24(7-2)8-3/h9-10,13,25H,6-8H2,1-5H3,(H,20,22)(H,21,23)/t13-/m1/s1. The Bertz CT molecular complexity index is 1130. The quantitative estimate of drug-likeness (QED) is 0.373. The first kappa shape index (κ1) is 23.5. The predicted octanol–water partition coefficient (Wildman–Crippen LogP) is 4.85. The summed E-state index contributed by atoms with van der Waals surface area (Å²) in [6.45, 7) is 9.92. The fourth-order valence-corrected chi connectivity index (χ4v) is 6.74. The van der Waals surface area contributed by atoms with E-state index in [1.807, 2.05) is 19.9 Å². The van der Waals surface area contributed by atoms with Crippen LogP contribution in [0.1, 0.15) is 49.4 Å². The molecule has 0 bridgehead atoms. The first-order valence-electron chi connectivity index (χ1n) is 9.96. The minimum Gasteiger partial charge on any atom is -0.504 e. The minimum absolute atomic E-state index is 0.0774. The van der Waals surface area contributed by atoms with Crippen molar-refractivity contribution in [2.75, 3.05) is 23.7 Å². The largest absolute Gasteiger partial charge is 0.504 e. The van der Waals surface area contributed by atoms with Gasteiger partial charge in [-0.2, -0.15) is 13.1 Å². The van der Waals surface area contributed by atoms with Crippen molar-refractivity contribution in [2.24, 2.45) is 0 Å². The summed E-state index contributed by atoms with van der Waals surface area (Å²) in [5.41, 5.74) is 1.35. The monoisotopic (exact) mass is 485 g/mol. The van der Waals surface area contributed by atoms with Gasteiger partial charge < -0.3 is 20.2 Å². The molecule has 3 N–H and O–H groups in total. The number of aromatic nitrogens is 2. The second kappa shape index (κ2) is 9.55. The number of nitrogens with zero attached hydrogens (tertiary/aromatic N) is 3. The summed E-state index contributed by atoms with van der Waals surface area (Å²) in [7, 11) is -3.78. The number of aromatic hydroxyl groups is 1. The van der Waals surface area contributed by atoms with E-state index in [-0.39, 0.29) is 16.0 Å². The van der Waals surface area contributed by atoms with Crippen LogP contribution >= 0.6 is 23.1 Å². The minimum atomic E-state index is -3.78. The molecule has 0 radical (unpaired) electrons. The highest BCUT2D eigenvalue weighted by Gasteiger charge is 2.31. The molecule has 0 amide bonds. The molecule has 31 heavy (non-hydrogen) atoms. The Hall–Kier alpha value is -2.15. The van der Waals surface area contributed by atoms with Crippen molar-refractivity contribution in [2.45, 2.75) is 51.3 Å². The third-order valence-corrected chi connectivity index (χ3v) is 9.01. The number of hydrogen-bond acceptors (Lipinski definition) is 10. The molecule has 12 heteroatoms. The molecule has 3 heterocycles. The number of sulfonamides is 1. The third kappa shape index (κ3) is 4.71. The number of furan rings is 1. The summed E-state index contributed by atoms with van der Waals surface area (Å²) in [5, 5.41) is 17.1. The number of aryl methyl sites for hydroxylation is 2. The van der Waals surface area contributed by atoms with Gasteiger partial charge in [0, 0.05) is 18.0 Å². The Labute approximate surface area is 190 Å². The lowest BCUT2D eigenvalue weighted by Gasteiger charge is -2.17. The molecular weight excluding hydrogens is 458 g/mol. The molecule has 3 rings (SSSR count). The first-order chi connectivity index (χ1) is 14.7. The van der Waals surface area contributed by atoms with Crippen molar-refractivity contribution in [3.05, 3.63) is 28.5 Å². The van der Waals surface area contributed by atoms with E-state index in [4.69, 9.17) is 4.42 Å². The zero-order valence-electron chi connectivity index (χ0n) is 18.1. The lowest BCUT2D eigenvalue weighted by molar-refractivity contribution is 0.434. The Morgan fingerprint density at radius 1 is 1.19 bits per heavy atom. The van der Waals surface area contributed by atoms with Crippen LogP contribution in [0.3, 0.4) is 0 Å². The molecule has 0 fully saturated rings. The van der Waals surface area contributed by atoms with Gasteiger partial charge in [-0.25, -0.2) is 8.42 Å². The van der Waals surface area contributed by atoms with Gasteiger partial charge in [0.25, 0.3) is 10.0 Å². The van der Waals surface area contributed by atoms with Crippen LogP contribution in [0.15, 0.2) is 21.0 Å². The summed E-state index contributed by atoms with van der Waals surface area (Å²) in [5.74, 6) is 1.40. The van der Waals surface area contributed by atoms with E-state index in [0.29, 0.717) is 35.3 Å². The fourth-order valence-electron chi connectivity index (χ4n) is 3.17. The highest BCUT2D eigenvalue weighted by atomic mass is 32.2. The van der Waals surface area contributed by atoms with Crippen molar-refractivity contribution in [1.29, 1.82) is 0 Å². The van der Waals surface area contributed by atoms with Gasteiger partial charge in [0.15, 0.2) is 21.6 Å². The van der Waals surface area contributed by atoms with Crippen LogP contribution in [-0.4, -0.2) is 39.7 Å². The maximum Gasteiger partial charge on any atom is 0.256 e. The summed E-state index contributed by atoms with van der Waals surface area (Å²) >= 11 is 2.04. The Morgan fingerprint density at radius 2 is 1.87 bits per heavy atom.